The minimum atomic E-state index is -3.86. The average molecular weight is 550 g/mol. The Labute approximate surface area is 217 Å². The summed E-state index contributed by atoms with van der Waals surface area (Å²) in [5.41, 5.74) is 3.28. The van der Waals surface area contributed by atoms with E-state index in [4.69, 9.17) is 11.6 Å². The monoisotopic (exact) mass is 549 g/mol. The standard InChI is InChI=1S/C25H28ClN3O5S2/c1-18-10-13-21(17-19(18)2)29(35(3,31)32)16-6-9-25(30)27-20-11-14-22(15-12-20)36(33,34)28-24-8-5-4-7-23(24)26/h4-5,7-8,10-15,17,28H,6,9,16H2,1-3H3,(H,27,30). The minimum absolute atomic E-state index is 0.0117. The number of anilines is 3. The molecule has 192 valence electrons. The van der Waals surface area contributed by atoms with Gasteiger partial charge in [0.05, 0.1) is 27.5 Å². The van der Waals surface area contributed by atoms with Crippen molar-refractivity contribution >= 4 is 54.6 Å². The first-order chi connectivity index (χ1) is 16.9. The van der Waals surface area contributed by atoms with Crippen LogP contribution in [0.15, 0.2) is 71.6 Å². The lowest BCUT2D eigenvalue weighted by Crippen LogP contribution is -2.31. The highest BCUT2D eigenvalue weighted by atomic mass is 35.5. The van der Waals surface area contributed by atoms with Gasteiger partial charge >= 0.3 is 0 Å². The molecule has 8 nitrogen and oxygen atoms in total. The van der Waals surface area contributed by atoms with Crippen LogP contribution in [-0.2, 0) is 24.8 Å². The average Bonchev–Trinajstić information content (AvgIpc) is 2.80. The van der Waals surface area contributed by atoms with Crippen LogP contribution in [-0.4, -0.2) is 35.5 Å². The summed E-state index contributed by atoms with van der Waals surface area (Å²) in [6.07, 6.45) is 1.53. The van der Waals surface area contributed by atoms with Crippen molar-refractivity contribution in [3.05, 3.63) is 82.9 Å². The number of hydrogen-bond donors (Lipinski definition) is 2. The predicted molar refractivity (Wildman–Crippen MR) is 145 cm³/mol. The molecule has 11 heteroatoms. The van der Waals surface area contributed by atoms with Gasteiger partial charge in [-0.15, -0.1) is 0 Å². The van der Waals surface area contributed by atoms with Gasteiger partial charge in [-0.1, -0.05) is 29.8 Å². The molecule has 0 radical (unpaired) electrons. The maximum Gasteiger partial charge on any atom is 0.261 e. The number of nitrogens with one attached hydrogen (secondary N) is 2. The van der Waals surface area contributed by atoms with Gasteiger partial charge in [0.25, 0.3) is 10.0 Å². The van der Waals surface area contributed by atoms with Crippen LogP contribution in [0, 0.1) is 13.8 Å². The fourth-order valence-electron chi connectivity index (χ4n) is 3.44. The van der Waals surface area contributed by atoms with Crippen molar-refractivity contribution in [2.45, 2.75) is 31.6 Å². The number of nitrogens with zero attached hydrogens (tertiary/aromatic N) is 1. The predicted octanol–water partition coefficient (Wildman–Crippen LogP) is 4.94. The van der Waals surface area contributed by atoms with Crippen molar-refractivity contribution in [1.29, 1.82) is 0 Å². The number of para-hydroxylation sites is 1. The van der Waals surface area contributed by atoms with Crippen LogP contribution in [0.4, 0.5) is 17.1 Å². The van der Waals surface area contributed by atoms with Crippen molar-refractivity contribution in [3.8, 4) is 0 Å². The topological polar surface area (TPSA) is 113 Å². The third-order valence-electron chi connectivity index (χ3n) is 5.51. The summed E-state index contributed by atoms with van der Waals surface area (Å²) in [5, 5.41) is 2.98. The third kappa shape index (κ3) is 7.22. The number of benzene rings is 3. The van der Waals surface area contributed by atoms with Crippen LogP contribution in [0.1, 0.15) is 24.0 Å². The van der Waals surface area contributed by atoms with Gasteiger partial charge in [-0.05, 0) is 79.9 Å². The van der Waals surface area contributed by atoms with Gasteiger partial charge in [-0.3, -0.25) is 13.8 Å². The molecule has 0 aliphatic carbocycles. The fraction of sp³-hybridized carbons (Fsp3) is 0.240. The van der Waals surface area contributed by atoms with E-state index in [0.29, 0.717) is 17.8 Å². The molecule has 3 rings (SSSR count). The van der Waals surface area contributed by atoms with Crippen LogP contribution in [0.2, 0.25) is 5.02 Å². The van der Waals surface area contributed by atoms with E-state index in [1.54, 1.807) is 30.3 Å². The van der Waals surface area contributed by atoms with Gasteiger partial charge in [-0.2, -0.15) is 0 Å². The molecule has 0 atom stereocenters. The van der Waals surface area contributed by atoms with Gasteiger partial charge in [0.15, 0.2) is 0 Å². The lowest BCUT2D eigenvalue weighted by Gasteiger charge is -2.23. The molecule has 0 heterocycles. The van der Waals surface area contributed by atoms with Crippen molar-refractivity contribution in [2.24, 2.45) is 0 Å². The summed E-state index contributed by atoms with van der Waals surface area (Å²) in [7, 11) is -7.38. The highest BCUT2D eigenvalue weighted by molar-refractivity contribution is 7.92. The molecule has 3 aromatic carbocycles. The van der Waals surface area contributed by atoms with Crippen LogP contribution in [0.25, 0.3) is 0 Å². The second-order valence-electron chi connectivity index (χ2n) is 8.37. The molecule has 2 N–H and O–H groups in total. The number of hydrogen-bond acceptors (Lipinski definition) is 5. The Kier molecular flexibility index (Phi) is 8.65. The van der Waals surface area contributed by atoms with E-state index in [1.807, 2.05) is 26.0 Å². The minimum Gasteiger partial charge on any atom is -0.326 e. The normalized spacial score (nSPS) is 11.7. The Morgan fingerprint density at radius 2 is 1.58 bits per heavy atom. The smallest absolute Gasteiger partial charge is 0.261 e. The first kappa shape index (κ1) is 27.5. The van der Waals surface area contributed by atoms with E-state index in [0.717, 1.165) is 17.4 Å². The Bertz CT molecular complexity index is 1460. The number of aryl methyl sites for hydroxylation is 2. The molecular weight excluding hydrogens is 522 g/mol. The van der Waals surface area contributed by atoms with Crippen LogP contribution < -0.4 is 14.3 Å². The zero-order chi connectivity index (χ0) is 26.5. The number of rotatable bonds is 10. The van der Waals surface area contributed by atoms with Crippen LogP contribution in [0.5, 0.6) is 0 Å². The lowest BCUT2D eigenvalue weighted by molar-refractivity contribution is -0.116. The van der Waals surface area contributed by atoms with E-state index in [9.17, 15) is 21.6 Å². The Morgan fingerprint density at radius 3 is 2.19 bits per heavy atom. The van der Waals surface area contributed by atoms with Crippen molar-refractivity contribution in [2.75, 3.05) is 27.1 Å². The van der Waals surface area contributed by atoms with E-state index < -0.39 is 20.0 Å². The summed E-state index contributed by atoms with van der Waals surface area (Å²) in [5.74, 6) is -0.312. The largest absolute Gasteiger partial charge is 0.326 e. The first-order valence-electron chi connectivity index (χ1n) is 11.1. The van der Waals surface area contributed by atoms with E-state index in [-0.39, 0.29) is 34.5 Å². The molecule has 0 aliphatic rings. The van der Waals surface area contributed by atoms with E-state index in [1.165, 1.54) is 28.6 Å². The lowest BCUT2D eigenvalue weighted by atomic mass is 10.1. The maximum absolute atomic E-state index is 12.6. The van der Waals surface area contributed by atoms with E-state index >= 15 is 0 Å². The molecule has 0 aromatic heterocycles. The fourth-order valence-corrected chi connectivity index (χ4v) is 5.71. The molecular formula is C25H28ClN3O5S2. The molecule has 0 spiro atoms. The summed E-state index contributed by atoms with van der Waals surface area (Å²) in [6, 6.07) is 17.6. The number of amides is 1. The van der Waals surface area contributed by atoms with Crippen LogP contribution >= 0.6 is 11.6 Å². The second-order valence-corrected chi connectivity index (χ2v) is 12.4. The van der Waals surface area contributed by atoms with E-state index in [2.05, 4.69) is 10.0 Å². The van der Waals surface area contributed by atoms with Crippen molar-refractivity contribution < 1.29 is 21.6 Å². The summed E-state index contributed by atoms with van der Waals surface area (Å²) >= 11 is 6.02. The Hall–Kier alpha value is -3.08. The quantitative estimate of drug-likeness (QED) is 0.372. The SMILES string of the molecule is Cc1ccc(N(CCCC(=O)Nc2ccc(S(=O)(=O)Nc3ccccc3Cl)cc2)S(C)(=O)=O)cc1C. The summed E-state index contributed by atoms with van der Waals surface area (Å²) < 4.78 is 53.6. The Morgan fingerprint density at radius 1 is 0.917 bits per heavy atom. The molecule has 0 saturated heterocycles. The third-order valence-corrected chi connectivity index (χ3v) is 8.42. The number of sulfonamides is 2. The summed E-state index contributed by atoms with van der Waals surface area (Å²) in [6.45, 7) is 4.02. The molecule has 0 saturated carbocycles. The summed E-state index contributed by atoms with van der Waals surface area (Å²) in [4.78, 5) is 12.4. The molecule has 0 unspecified atom stereocenters. The number of carbonyl (C=O) groups is 1. The highest BCUT2D eigenvalue weighted by Gasteiger charge is 2.19. The molecule has 1 amide bonds. The van der Waals surface area contributed by atoms with Gasteiger partial charge in [0.1, 0.15) is 0 Å². The van der Waals surface area contributed by atoms with Gasteiger partial charge < -0.3 is 5.32 Å². The first-order valence-corrected chi connectivity index (χ1v) is 14.8. The van der Waals surface area contributed by atoms with Crippen molar-refractivity contribution in [1.82, 2.24) is 0 Å². The molecule has 0 aliphatic heterocycles. The molecule has 0 fully saturated rings. The van der Waals surface area contributed by atoms with Gasteiger partial charge in [0.2, 0.25) is 15.9 Å². The number of carbonyl (C=O) groups excluding carboxylic acids is 1. The van der Waals surface area contributed by atoms with Gasteiger partial charge in [0, 0.05) is 18.7 Å². The zero-order valence-electron chi connectivity index (χ0n) is 20.2. The molecule has 3 aromatic rings. The molecule has 0 bridgehead atoms. The number of halogens is 1. The van der Waals surface area contributed by atoms with Gasteiger partial charge in [-0.25, -0.2) is 16.8 Å². The maximum atomic E-state index is 12.6. The molecule has 36 heavy (non-hydrogen) atoms. The zero-order valence-corrected chi connectivity index (χ0v) is 22.5. The second kappa shape index (κ2) is 11.3. The highest BCUT2D eigenvalue weighted by Crippen LogP contribution is 2.25. The Balaban J connectivity index is 1.59. The van der Waals surface area contributed by atoms with Crippen molar-refractivity contribution in [3.63, 3.8) is 0 Å². The van der Waals surface area contributed by atoms with Crippen LogP contribution in [0.3, 0.4) is 0 Å².